The molecule has 0 unspecified atom stereocenters. The summed E-state index contributed by atoms with van der Waals surface area (Å²) in [6.07, 6.45) is 1.85. The quantitative estimate of drug-likeness (QED) is 0.580. The fourth-order valence-corrected chi connectivity index (χ4v) is 3.46. The highest BCUT2D eigenvalue weighted by molar-refractivity contribution is 6.00. The van der Waals surface area contributed by atoms with Gasteiger partial charge in [0.15, 0.2) is 12.4 Å². The van der Waals surface area contributed by atoms with E-state index in [0.717, 1.165) is 23.2 Å². The van der Waals surface area contributed by atoms with Crippen LogP contribution in [0.1, 0.15) is 54.1 Å². The summed E-state index contributed by atoms with van der Waals surface area (Å²) in [5.41, 5.74) is 3.06. The third kappa shape index (κ3) is 4.47. The van der Waals surface area contributed by atoms with Crippen LogP contribution < -0.4 is 5.32 Å². The zero-order valence-corrected chi connectivity index (χ0v) is 16.2. The van der Waals surface area contributed by atoms with Gasteiger partial charge in [0.1, 0.15) is 0 Å². The number of amides is 1. The summed E-state index contributed by atoms with van der Waals surface area (Å²) >= 11 is 0. The maximum Gasteiger partial charge on any atom is 0.314 e. The van der Waals surface area contributed by atoms with Crippen LogP contribution in [0.25, 0.3) is 0 Å². The number of hydrogen-bond acceptors (Lipinski definition) is 4. The van der Waals surface area contributed by atoms with Crippen molar-refractivity contribution in [1.29, 1.82) is 0 Å². The number of Topliss-reactive ketones (excluding diaryl/α,β-unsaturated/α-hetero) is 1. The van der Waals surface area contributed by atoms with Crippen molar-refractivity contribution >= 4 is 23.3 Å². The lowest BCUT2D eigenvalue weighted by molar-refractivity contribution is -0.145. The van der Waals surface area contributed by atoms with Crippen LogP contribution in [0, 0.1) is 5.92 Å². The second kappa shape index (κ2) is 8.83. The lowest BCUT2D eigenvalue weighted by atomic mass is 9.85. The second-order valence-electron chi connectivity index (χ2n) is 7.22. The number of esters is 1. The van der Waals surface area contributed by atoms with E-state index in [9.17, 15) is 14.4 Å². The Labute approximate surface area is 165 Å². The molecule has 0 radical (unpaired) electrons. The van der Waals surface area contributed by atoms with Crippen LogP contribution >= 0.6 is 0 Å². The van der Waals surface area contributed by atoms with Crippen LogP contribution in [0.5, 0.6) is 0 Å². The topological polar surface area (TPSA) is 72.5 Å². The van der Waals surface area contributed by atoms with E-state index in [2.05, 4.69) is 5.32 Å². The molecule has 1 amide bonds. The van der Waals surface area contributed by atoms with Crippen LogP contribution in [0.4, 0.5) is 5.69 Å². The van der Waals surface area contributed by atoms with Gasteiger partial charge in [-0.25, -0.2) is 0 Å². The molecule has 3 rings (SSSR count). The number of benzene rings is 2. The highest BCUT2D eigenvalue weighted by Crippen LogP contribution is 2.28. The van der Waals surface area contributed by atoms with Crippen molar-refractivity contribution in [3.8, 4) is 0 Å². The lowest BCUT2D eigenvalue weighted by Gasteiger charge is -2.22. The summed E-state index contributed by atoms with van der Waals surface area (Å²) in [5.74, 6) is -0.921. The third-order valence-corrected chi connectivity index (χ3v) is 5.29. The second-order valence-corrected chi connectivity index (χ2v) is 7.22. The van der Waals surface area contributed by atoms with Crippen molar-refractivity contribution < 1.29 is 19.1 Å². The fourth-order valence-electron chi connectivity index (χ4n) is 3.46. The Kier molecular flexibility index (Phi) is 6.24. The minimum absolute atomic E-state index is 0.0162. The van der Waals surface area contributed by atoms with Gasteiger partial charge in [0.25, 0.3) is 0 Å². The Morgan fingerprint density at radius 3 is 2.57 bits per heavy atom. The predicted octanol–water partition coefficient (Wildman–Crippen LogP) is 4.13. The lowest BCUT2D eigenvalue weighted by Crippen LogP contribution is -2.25. The molecular formula is C23H25NO4. The minimum Gasteiger partial charge on any atom is -0.457 e. The molecule has 1 N–H and O–H groups in total. The van der Waals surface area contributed by atoms with Crippen molar-refractivity contribution in [3.63, 3.8) is 0 Å². The van der Waals surface area contributed by atoms with Gasteiger partial charge in [-0.05, 0) is 41.7 Å². The number of hydrogen-bond donors (Lipinski definition) is 1. The molecule has 0 bridgehead atoms. The Morgan fingerprint density at radius 2 is 1.86 bits per heavy atom. The molecule has 0 spiro atoms. The van der Waals surface area contributed by atoms with Gasteiger partial charge in [0.2, 0.25) is 5.91 Å². The molecule has 0 aromatic heterocycles. The van der Waals surface area contributed by atoms with Gasteiger partial charge in [0.05, 0.1) is 5.92 Å². The molecular weight excluding hydrogens is 354 g/mol. The van der Waals surface area contributed by atoms with E-state index in [4.69, 9.17) is 4.74 Å². The number of ketones is 1. The first kappa shape index (κ1) is 19.8. The molecule has 28 heavy (non-hydrogen) atoms. The summed E-state index contributed by atoms with van der Waals surface area (Å²) < 4.78 is 5.40. The first-order valence-corrected chi connectivity index (χ1v) is 9.67. The van der Waals surface area contributed by atoms with Crippen LogP contribution in [0.2, 0.25) is 0 Å². The van der Waals surface area contributed by atoms with E-state index in [1.165, 1.54) is 0 Å². The number of anilines is 1. The van der Waals surface area contributed by atoms with Gasteiger partial charge in [-0.1, -0.05) is 50.6 Å². The first-order chi connectivity index (χ1) is 13.5. The number of carbonyl (C=O) groups excluding carboxylic acids is 3. The van der Waals surface area contributed by atoms with E-state index in [1.807, 2.05) is 44.2 Å². The zero-order valence-electron chi connectivity index (χ0n) is 16.2. The molecule has 2 aromatic rings. The van der Waals surface area contributed by atoms with Crippen molar-refractivity contribution in [2.75, 3.05) is 11.9 Å². The normalized spacial score (nSPS) is 15.1. The number of carbonyl (C=O) groups is 3. The molecule has 0 fully saturated rings. The van der Waals surface area contributed by atoms with Gasteiger partial charge in [-0.15, -0.1) is 0 Å². The van der Waals surface area contributed by atoms with Crippen molar-refractivity contribution in [1.82, 2.24) is 0 Å². The molecule has 0 saturated heterocycles. The molecule has 5 nitrogen and oxygen atoms in total. The molecule has 0 saturated carbocycles. The molecule has 2 aromatic carbocycles. The van der Waals surface area contributed by atoms with E-state index in [0.29, 0.717) is 18.4 Å². The Balaban J connectivity index is 1.67. The van der Waals surface area contributed by atoms with Crippen LogP contribution in [-0.2, 0) is 20.7 Å². The first-order valence-electron chi connectivity index (χ1n) is 9.67. The number of ether oxygens (including phenoxy) is 1. The van der Waals surface area contributed by atoms with Gasteiger partial charge in [-0.3, -0.25) is 14.4 Å². The third-order valence-electron chi connectivity index (χ3n) is 5.29. The highest BCUT2D eigenvalue weighted by atomic mass is 16.5. The maximum absolute atomic E-state index is 12.7. The summed E-state index contributed by atoms with van der Waals surface area (Å²) in [6.45, 7) is 3.76. The summed E-state index contributed by atoms with van der Waals surface area (Å²) in [6, 6.07) is 14.7. The zero-order chi connectivity index (χ0) is 20.1. The Hall–Kier alpha value is -2.95. The Bertz CT molecular complexity index is 875. The largest absolute Gasteiger partial charge is 0.457 e. The molecule has 1 aliphatic heterocycles. The minimum atomic E-state index is -0.391. The van der Waals surface area contributed by atoms with Gasteiger partial charge >= 0.3 is 5.97 Å². The van der Waals surface area contributed by atoms with E-state index < -0.39 is 5.92 Å². The fraction of sp³-hybridized carbons (Fsp3) is 0.348. The van der Waals surface area contributed by atoms with Gasteiger partial charge in [-0.2, -0.15) is 0 Å². The SMILES string of the molecule is CC[C@@H](C)[C@H](C(=O)OCC(=O)c1ccc2c(c1)CCC(=O)N2)c1ccccc1. The average molecular weight is 379 g/mol. The highest BCUT2D eigenvalue weighted by Gasteiger charge is 2.28. The molecule has 2 atom stereocenters. The number of nitrogens with one attached hydrogen (secondary N) is 1. The Morgan fingerprint density at radius 1 is 1.11 bits per heavy atom. The molecule has 5 heteroatoms. The van der Waals surface area contributed by atoms with Crippen molar-refractivity contribution in [3.05, 3.63) is 65.2 Å². The van der Waals surface area contributed by atoms with Crippen molar-refractivity contribution in [2.45, 2.75) is 39.0 Å². The number of rotatable bonds is 7. The van der Waals surface area contributed by atoms with E-state index in [1.54, 1.807) is 18.2 Å². The smallest absolute Gasteiger partial charge is 0.314 e. The van der Waals surface area contributed by atoms with Crippen molar-refractivity contribution in [2.24, 2.45) is 5.92 Å². The monoisotopic (exact) mass is 379 g/mol. The average Bonchev–Trinajstić information content (AvgIpc) is 2.72. The summed E-state index contributed by atoms with van der Waals surface area (Å²) in [7, 11) is 0. The molecule has 146 valence electrons. The number of fused-ring (bicyclic) bond motifs is 1. The number of aryl methyl sites for hydroxylation is 1. The predicted molar refractivity (Wildman–Crippen MR) is 107 cm³/mol. The van der Waals surface area contributed by atoms with Crippen LogP contribution in [0.15, 0.2) is 48.5 Å². The summed E-state index contributed by atoms with van der Waals surface area (Å²) in [4.78, 5) is 36.7. The standard InChI is InChI=1S/C23H25NO4/c1-3-15(2)22(16-7-5-4-6-8-16)23(27)28-14-20(25)18-9-11-19-17(13-18)10-12-21(26)24-19/h4-9,11,13,15,22H,3,10,12,14H2,1-2H3,(H,24,26)/t15-,22+/m1/s1. The molecule has 1 aliphatic rings. The molecule has 1 heterocycles. The summed E-state index contributed by atoms with van der Waals surface area (Å²) in [5, 5.41) is 2.79. The van der Waals surface area contributed by atoms with E-state index in [-0.39, 0.29) is 30.2 Å². The van der Waals surface area contributed by atoms with Gasteiger partial charge < -0.3 is 10.1 Å². The van der Waals surface area contributed by atoms with Crippen LogP contribution in [0.3, 0.4) is 0 Å². The molecule has 0 aliphatic carbocycles. The van der Waals surface area contributed by atoms with E-state index >= 15 is 0 Å². The maximum atomic E-state index is 12.7. The van der Waals surface area contributed by atoms with Gasteiger partial charge in [0, 0.05) is 17.7 Å². The van der Waals surface area contributed by atoms with Crippen LogP contribution in [-0.4, -0.2) is 24.3 Å².